The van der Waals surface area contributed by atoms with Crippen molar-refractivity contribution in [1.82, 2.24) is 0 Å². The van der Waals surface area contributed by atoms with Crippen LogP contribution in [0, 0.1) is 17.3 Å². The van der Waals surface area contributed by atoms with Crippen molar-refractivity contribution in [2.45, 2.75) is 44.1 Å². The van der Waals surface area contributed by atoms with E-state index in [-0.39, 0.29) is 5.60 Å². The maximum Gasteiger partial charge on any atom is 0.0658 e. The normalized spacial score (nSPS) is 58.6. The van der Waals surface area contributed by atoms with Gasteiger partial charge in [0.05, 0.1) is 5.60 Å². The Morgan fingerprint density at radius 3 is 2.23 bits per heavy atom. The van der Waals surface area contributed by atoms with Crippen LogP contribution in [-0.2, 0) is 0 Å². The Morgan fingerprint density at radius 1 is 1.15 bits per heavy atom. The Morgan fingerprint density at radius 2 is 1.77 bits per heavy atom. The smallest absolute Gasteiger partial charge is 0.0658 e. The summed E-state index contributed by atoms with van der Waals surface area (Å²) in [7, 11) is 0. The van der Waals surface area contributed by atoms with Crippen LogP contribution in [-0.4, -0.2) is 16.0 Å². The molecule has 4 fully saturated rings. The first-order valence-electron chi connectivity index (χ1n) is 5.42. The van der Waals surface area contributed by atoms with Gasteiger partial charge in [0.2, 0.25) is 0 Å². The fourth-order valence-corrected chi connectivity index (χ4v) is 5.21. The zero-order valence-electron chi connectivity index (χ0n) is 7.93. The fraction of sp³-hybridized carbons (Fsp3) is 1.00. The number of rotatable bonds is 1. The molecule has 4 aliphatic rings. The maximum absolute atomic E-state index is 10.4. The van der Waals surface area contributed by atoms with Gasteiger partial charge in [-0.25, -0.2) is 0 Å². The van der Waals surface area contributed by atoms with Gasteiger partial charge in [0.15, 0.2) is 0 Å². The molecule has 0 radical (unpaired) electrons. The van der Waals surface area contributed by atoms with Gasteiger partial charge < -0.3 is 5.11 Å². The molecule has 2 unspecified atom stereocenters. The van der Waals surface area contributed by atoms with E-state index in [4.69, 9.17) is 0 Å². The Hall–Kier alpha value is 0.440. The van der Waals surface area contributed by atoms with Crippen molar-refractivity contribution >= 4 is 15.9 Å². The molecular weight excluding hydrogens is 228 g/mol. The minimum atomic E-state index is -0.266. The number of hydrogen-bond acceptors (Lipinski definition) is 1. The van der Waals surface area contributed by atoms with Gasteiger partial charge in [-0.1, -0.05) is 15.9 Å². The summed E-state index contributed by atoms with van der Waals surface area (Å²) in [6.45, 7) is 0. The summed E-state index contributed by atoms with van der Waals surface area (Å²) in [5.41, 5.74) is 0.205. The largest absolute Gasteiger partial charge is 0.390 e. The van der Waals surface area contributed by atoms with E-state index in [9.17, 15) is 5.11 Å². The summed E-state index contributed by atoms with van der Waals surface area (Å²) in [4.78, 5) is 0. The van der Waals surface area contributed by atoms with E-state index in [1.807, 2.05) is 0 Å². The highest BCUT2D eigenvalue weighted by Crippen LogP contribution is 2.61. The van der Waals surface area contributed by atoms with Crippen molar-refractivity contribution in [2.75, 3.05) is 5.33 Å². The van der Waals surface area contributed by atoms with Crippen LogP contribution in [0.5, 0.6) is 0 Å². The lowest BCUT2D eigenvalue weighted by molar-refractivity contribution is -0.155. The van der Waals surface area contributed by atoms with Crippen LogP contribution in [0.1, 0.15) is 38.5 Å². The topological polar surface area (TPSA) is 20.2 Å². The van der Waals surface area contributed by atoms with Crippen molar-refractivity contribution in [3.63, 3.8) is 0 Å². The molecule has 0 aromatic heterocycles. The molecule has 2 heteroatoms. The van der Waals surface area contributed by atoms with Crippen molar-refractivity contribution < 1.29 is 5.11 Å². The third kappa shape index (κ3) is 1.21. The summed E-state index contributed by atoms with van der Waals surface area (Å²) in [6.07, 6.45) is 7.40. The number of halogens is 1. The van der Waals surface area contributed by atoms with Gasteiger partial charge in [0.1, 0.15) is 0 Å². The molecule has 0 aromatic carbocycles. The van der Waals surface area contributed by atoms with Crippen molar-refractivity contribution in [3.05, 3.63) is 0 Å². The van der Waals surface area contributed by atoms with E-state index in [2.05, 4.69) is 15.9 Å². The summed E-state index contributed by atoms with van der Waals surface area (Å²) in [6, 6.07) is 0. The van der Waals surface area contributed by atoms with Gasteiger partial charge in [-0.05, 0) is 55.8 Å². The van der Waals surface area contributed by atoms with E-state index < -0.39 is 0 Å². The molecule has 2 atom stereocenters. The molecule has 13 heavy (non-hydrogen) atoms. The Bertz CT molecular complexity index is 224. The molecule has 0 spiro atoms. The molecule has 0 heterocycles. The first-order chi connectivity index (χ1) is 6.13. The van der Waals surface area contributed by atoms with E-state index in [1.54, 1.807) is 0 Å². The van der Waals surface area contributed by atoms with E-state index in [1.165, 1.54) is 19.3 Å². The average molecular weight is 245 g/mol. The van der Waals surface area contributed by atoms with Gasteiger partial charge in [0.25, 0.3) is 0 Å². The van der Waals surface area contributed by atoms with Gasteiger partial charge >= 0.3 is 0 Å². The lowest BCUT2D eigenvalue weighted by atomic mass is 9.48. The molecule has 4 saturated carbocycles. The van der Waals surface area contributed by atoms with Gasteiger partial charge in [0, 0.05) is 5.33 Å². The highest BCUT2D eigenvalue weighted by molar-refractivity contribution is 9.09. The maximum atomic E-state index is 10.4. The van der Waals surface area contributed by atoms with E-state index in [0.29, 0.717) is 5.41 Å². The van der Waals surface area contributed by atoms with Gasteiger partial charge in [-0.3, -0.25) is 0 Å². The van der Waals surface area contributed by atoms with Crippen LogP contribution in [0.3, 0.4) is 0 Å². The predicted molar refractivity (Wildman–Crippen MR) is 55.9 cm³/mol. The molecule has 0 aliphatic heterocycles. The summed E-state index contributed by atoms with van der Waals surface area (Å²) in [5.74, 6) is 1.67. The zero-order chi connectivity index (χ0) is 9.10. The molecule has 4 bridgehead atoms. The average Bonchev–Trinajstić information content (AvgIpc) is 1.99. The van der Waals surface area contributed by atoms with Crippen molar-refractivity contribution in [1.29, 1.82) is 0 Å². The molecule has 0 aromatic rings. The quantitative estimate of drug-likeness (QED) is 0.704. The second-order valence-electron chi connectivity index (χ2n) is 5.82. The highest BCUT2D eigenvalue weighted by Gasteiger charge is 2.56. The molecular formula is C11H17BrO. The monoisotopic (exact) mass is 244 g/mol. The molecule has 0 amide bonds. The Balaban J connectivity index is 1.95. The van der Waals surface area contributed by atoms with Gasteiger partial charge in [-0.2, -0.15) is 0 Å². The standard InChI is InChI=1S/C11H17BrO/c12-7-10-2-8-1-9(3-10)5-11(13,4-8)6-10/h8-9,13H,1-7H2. The number of alkyl halides is 1. The minimum Gasteiger partial charge on any atom is -0.390 e. The third-order valence-electron chi connectivity index (χ3n) is 4.43. The van der Waals surface area contributed by atoms with Crippen LogP contribution in [0.15, 0.2) is 0 Å². The lowest BCUT2D eigenvalue weighted by Gasteiger charge is -2.60. The minimum absolute atomic E-state index is 0.266. The Labute approximate surface area is 88.0 Å². The summed E-state index contributed by atoms with van der Waals surface area (Å²) >= 11 is 3.65. The number of aliphatic hydroxyl groups is 1. The molecule has 4 rings (SSSR count). The molecule has 74 valence electrons. The molecule has 4 aliphatic carbocycles. The van der Waals surface area contributed by atoms with Crippen molar-refractivity contribution in [3.8, 4) is 0 Å². The SMILES string of the molecule is OC12CC3CC(C1)CC(CBr)(C3)C2. The van der Waals surface area contributed by atoms with Crippen LogP contribution in [0.25, 0.3) is 0 Å². The lowest BCUT2D eigenvalue weighted by Crippen LogP contribution is -2.56. The molecule has 1 nitrogen and oxygen atoms in total. The summed E-state index contributed by atoms with van der Waals surface area (Å²) < 4.78 is 0. The molecule has 1 N–H and O–H groups in total. The predicted octanol–water partition coefficient (Wildman–Crippen LogP) is 2.71. The first-order valence-corrected chi connectivity index (χ1v) is 6.54. The number of hydrogen-bond donors (Lipinski definition) is 1. The fourth-order valence-electron chi connectivity index (χ4n) is 4.56. The van der Waals surface area contributed by atoms with Gasteiger partial charge in [-0.15, -0.1) is 0 Å². The second kappa shape index (κ2) is 2.52. The van der Waals surface area contributed by atoms with E-state index >= 15 is 0 Å². The Kier molecular flexibility index (Phi) is 1.69. The van der Waals surface area contributed by atoms with Crippen LogP contribution < -0.4 is 0 Å². The van der Waals surface area contributed by atoms with Crippen LogP contribution in [0.4, 0.5) is 0 Å². The molecule has 0 saturated heterocycles. The third-order valence-corrected chi connectivity index (χ3v) is 5.62. The van der Waals surface area contributed by atoms with Crippen LogP contribution in [0.2, 0.25) is 0 Å². The van der Waals surface area contributed by atoms with E-state index in [0.717, 1.165) is 36.4 Å². The highest BCUT2D eigenvalue weighted by atomic mass is 79.9. The van der Waals surface area contributed by atoms with Crippen LogP contribution >= 0.6 is 15.9 Å². The summed E-state index contributed by atoms with van der Waals surface area (Å²) in [5, 5.41) is 11.5. The van der Waals surface area contributed by atoms with Crippen molar-refractivity contribution in [2.24, 2.45) is 17.3 Å². The first kappa shape index (κ1) is 8.72. The second-order valence-corrected chi connectivity index (χ2v) is 6.38. The zero-order valence-corrected chi connectivity index (χ0v) is 9.52.